The third-order valence-electron chi connectivity index (χ3n) is 0.824. The zero-order chi connectivity index (χ0) is 7.33. The fourth-order valence-corrected chi connectivity index (χ4v) is 0.835. The molecule has 10 heavy (non-hydrogen) atoms. The number of hydrogen-bond acceptors (Lipinski definition) is 3. The average molecular weight is 174 g/mol. The molecule has 0 aliphatic carbocycles. The van der Waals surface area contributed by atoms with E-state index in [2.05, 4.69) is 4.52 Å². The van der Waals surface area contributed by atoms with Crippen LogP contribution < -0.4 is 34.5 Å². The topological polar surface area (TPSA) is 49.4 Å². The second-order valence-corrected chi connectivity index (χ2v) is 3.76. The van der Waals surface area contributed by atoms with Gasteiger partial charge in [-0.05, 0) is 6.42 Å². The van der Waals surface area contributed by atoms with E-state index >= 15 is 0 Å². The molecular formula is C5H12NaO3P. The Labute approximate surface area is 84.0 Å². The van der Waals surface area contributed by atoms with Crippen LogP contribution in [0.15, 0.2) is 0 Å². The Morgan fingerprint density at radius 2 is 2.10 bits per heavy atom. The molecule has 0 amide bonds. The number of unbranched alkanes of at least 4 members (excludes halogenated alkanes) is 1. The predicted molar refractivity (Wildman–Crippen MR) is 34.4 cm³/mol. The summed E-state index contributed by atoms with van der Waals surface area (Å²) < 4.78 is 14.8. The van der Waals surface area contributed by atoms with E-state index in [-0.39, 0.29) is 29.6 Å². The summed E-state index contributed by atoms with van der Waals surface area (Å²) in [6.07, 6.45) is 1.76. The molecule has 0 aliphatic rings. The van der Waals surface area contributed by atoms with Crippen LogP contribution in [0.4, 0.5) is 0 Å². The van der Waals surface area contributed by atoms with Gasteiger partial charge in [0.1, 0.15) is 7.60 Å². The minimum absolute atomic E-state index is 0. The van der Waals surface area contributed by atoms with E-state index in [0.29, 0.717) is 6.61 Å². The van der Waals surface area contributed by atoms with Crippen LogP contribution >= 0.6 is 7.60 Å². The van der Waals surface area contributed by atoms with Gasteiger partial charge in [0.15, 0.2) is 0 Å². The molecule has 0 aliphatic heterocycles. The van der Waals surface area contributed by atoms with E-state index in [1.807, 2.05) is 6.92 Å². The summed E-state index contributed by atoms with van der Waals surface area (Å²) in [7, 11) is -3.45. The first kappa shape index (κ1) is 13.7. The van der Waals surface area contributed by atoms with Crippen LogP contribution in [0.5, 0.6) is 0 Å². The van der Waals surface area contributed by atoms with Crippen molar-refractivity contribution in [2.45, 2.75) is 19.8 Å². The second kappa shape index (κ2) is 6.84. The summed E-state index contributed by atoms with van der Waals surface area (Å²) in [5.74, 6) is 0. The third-order valence-corrected chi connectivity index (χ3v) is 1.48. The Bertz CT molecular complexity index is 111. The Balaban J connectivity index is 0. The van der Waals surface area contributed by atoms with E-state index in [0.717, 1.165) is 19.5 Å². The van der Waals surface area contributed by atoms with Gasteiger partial charge in [-0.2, -0.15) is 0 Å². The van der Waals surface area contributed by atoms with Crippen molar-refractivity contribution in [1.29, 1.82) is 0 Å². The van der Waals surface area contributed by atoms with Crippen LogP contribution in [0.1, 0.15) is 19.8 Å². The zero-order valence-electron chi connectivity index (χ0n) is 6.79. The van der Waals surface area contributed by atoms with E-state index in [1.54, 1.807) is 0 Å². The van der Waals surface area contributed by atoms with E-state index in [4.69, 9.17) is 0 Å². The van der Waals surface area contributed by atoms with Gasteiger partial charge in [0.25, 0.3) is 0 Å². The normalized spacial score (nSPS) is 15.5. The van der Waals surface area contributed by atoms with Crippen LogP contribution in [0.25, 0.3) is 0 Å². The van der Waals surface area contributed by atoms with Gasteiger partial charge in [0.05, 0.1) is 6.61 Å². The van der Waals surface area contributed by atoms with Gasteiger partial charge in [-0.15, -0.1) is 0 Å². The van der Waals surface area contributed by atoms with Gasteiger partial charge >= 0.3 is 29.6 Å². The number of hydrogen-bond donors (Lipinski definition) is 0. The van der Waals surface area contributed by atoms with E-state index < -0.39 is 7.60 Å². The molecule has 0 radical (unpaired) electrons. The van der Waals surface area contributed by atoms with Crippen LogP contribution in [0.2, 0.25) is 0 Å². The Morgan fingerprint density at radius 3 is 2.40 bits per heavy atom. The molecule has 0 rings (SSSR count). The molecule has 3 nitrogen and oxygen atoms in total. The monoisotopic (exact) mass is 174 g/mol. The summed E-state index contributed by atoms with van der Waals surface area (Å²) >= 11 is 0. The van der Waals surface area contributed by atoms with E-state index in [1.165, 1.54) is 0 Å². The van der Waals surface area contributed by atoms with Gasteiger partial charge in [0.2, 0.25) is 0 Å². The molecule has 0 heterocycles. The molecule has 0 aromatic carbocycles. The standard InChI is InChI=1S/C5H13O3P.Na/c1-3-4-5-8-9(2,6)7;/h3-5H2,1-2H3,(H,6,7);/q;+1/p-1. The maximum atomic E-state index is 10.3. The Hall–Kier alpha value is 1.15. The molecule has 0 spiro atoms. The maximum absolute atomic E-state index is 10.3. The molecule has 0 saturated heterocycles. The van der Waals surface area contributed by atoms with Gasteiger partial charge in [-0.1, -0.05) is 13.3 Å². The molecule has 1 unspecified atom stereocenters. The molecular weight excluding hydrogens is 162 g/mol. The summed E-state index contributed by atoms with van der Waals surface area (Å²) in [6.45, 7) is 3.39. The van der Waals surface area contributed by atoms with Crippen molar-refractivity contribution < 1.29 is 43.5 Å². The predicted octanol–water partition coefficient (Wildman–Crippen LogP) is -2.01. The van der Waals surface area contributed by atoms with Gasteiger partial charge in [-0.3, -0.25) is 0 Å². The average Bonchev–Trinajstić information content (AvgIpc) is 1.63. The summed E-state index contributed by atoms with van der Waals surface area (Å²) in [5, 5.41) is 0. The van der Waals surface area contributed by atoms with Crippen molar-refractivity contribution >= 4 is 7.60 Å². The Kier molecular flexibility index (Phi) is 9.38. The summed E-state index contributed by atoms with van der Waals surface area (Å²) in [6, 6.07) is 0. The van der Waals surface area contributed by atoms with Crippen LogP contribution in [0.3, 0.4) is 0 Å². The minimum Gasteiger partial charge on any atom is -0.779 e. The molecule has 0 aromatic rings. The fraction of sp³-hybridized carbons (Fsp3) is 1.00. The first-order chi connectivity index (χ1) is 4.06. The van der Waals surface area contributed by atoms with Crippen molar-refractivity contribution in [2.24, 2.45) is 0 Å². The minimum atomic E-state index is -3.45. The van der Waals surface area contributed by atoms with Crippen molar-refractivity contribution in [2.75, 3.05) is 13.3 Å². The van der Waals surface area contributed by atoms with Crippen LogP contribution in [-0.2, 0) is 9.09 Å². The molecule has 1 atom stereocenters. The van der Waals surface area contributed by atoms with Crippen molar-refractivity contribution in [3.05, 3.63) is 0 Å². The molecule has 56 valence electrons. The Morgan fingerprint density at radius 1 is 1.60 bits per heavy atom. The maximum Gasteiger partial charge on any atom is 1.00 e. The number of rotatable bonds is 4. The van der Waals surface area contributed by atoms with Crippen LogP contribution in [0, 0.1) is 0 Å². The third kappa shape index (κ3) is 11.9. The first-order valence-electron chi connectivity index (χ1n) is 2.99. The quantitative estimate of drug-likeness (QED) is 0.281. The summed E-state index contributed by atoms with van der Waals surface area (Å²) in [5.41, 5.74) is 0. The van der Waals surface area contributed by atoms with Gasteiger partial charge < -0.3 is 14.0 Å². The van der Waals surface area contributed by atoms with Crippen LogP contribution in [-0.4, -0.2) is 13.3 Å². The fourth-order valence-electron chi connectivity index (χ4n) is 0.375. The van der Waals surface area contributed by atoms with Crippen molar-refractivity contribution in [3.8, 4) is 0 Å². The molecule has 0 fully saturated rings. The smallest absolute Gasteiger partial charge is 0.779 e. The summed E-state index contributed by atoms with van der Waals surface area (Å²) in [4.78, 5) is 10.3. The molecule has 0 bridgehead atoms. The van der Waals surface area contributed by atoms with Gasteiger partial charge in [0, 0.05) is 6.66 Å². The van der Waals surface area contributed by atoms with Gasteiger partial charge in [-0.25, -0.2) is 0 Å². The molecule has 0 aromatic heterocycles. The van der Waals surface area contributed by atoms with Crippen molar-refractivity contribution in [3.63, 3.8) is 0 Å². The zero-order valence-corrected chi connectivity index (χ0v) is 9.69. The molecule has 0 saturated carbocycles. The second-order valence-electron chi connectivity index (χ2n) is 1.96. The van der Waals surface area contributed by atoms with Crippen molar-refractivity contribution in [1.82, 2.24) is 0 Å². The molecule has 5 heteroatoms. The SMILES string of the molecule is CCCCOP(C)(=O)[O-].[Na+]. The first-order valence-corrected chi connectivity index (χ1v) is 4.98. The molecule has 0 N–H and O–H groups in total. The van der Waals surface area contributed by atoms with E-state index in [9.17, 15) is 9.46 Å². The largest absolute Gasteiger partial charge is 1.00 e.